The smallest absolute Gasteiger partial charge is 0.282 e. The Bertz CT molecular complexity index is 1210. The van der Waals surface area contributed by atoms with Crippen molar-refractivity contribution in [2.45, 2.75) is 39.0 Å². The molecule has 33 heavy (non-hydrogen) atoms. The first-order valence-electron chi connectivity index (χ1n) is 11.8. The lowest BCUT2D eigenvalue weighted by atomic mass is 9.98. The molecule has 2 aliphatic rings. The van der Waals surface area contributed by atoms with Gasteiger partial charge in [-0.15, -0.1) is 0 Å². The number of aryl methyl sites for hydroxylation is 2. The van der Waals surface area contributed by atoms with Crippen LogP contribution < -0.4 is 9.80 Å². The Hall–Kier alpha value is -3.66. The minimum absolute atomic E-state index is 0.253. The average Bonchev–Trinajstić information content (AvgIpc) is 3.13. The van der Waals surface area contributed by atoms with E-state index in [4.69, 9.17) is 0 Å². The Labute approximate surface area is 195 Å². The topological polar surface area (TPSA) is 40.6 Å². The maximum absolute atomic E-state index is 13.9. The van der Waals surface area contributed by atoms with Crippen LogP contribution in [-0.4, -0.2) is 18.4 Å². The fraction of sp³-hybridized carbons (Fsp3) is 0.241. The second-order valence-corrected chi connectivity index (χ2v) is 8.69. The van der Waals surface area contributed by atoms with Crippen molar-refractivity contribution in [3.05, 3.63) is 101 Å². The first-order valence-corrected chi connectivity index (χ1v) is 11.8. The van der Waals surface area contributed by atoms with Gasteiger partial charge in [0.1, 0.15) is 5.70 Å². The number of para-hydroxylation sites is 1. The molecule has 0 N–H and O–H groups in total. The van der Waals surface area contributed by atoms with Crippen LogP contribution in [0, 0.1) is 0 Å². The summed E-state index contributed by atoms with van der Waals surface area (Å²) in [5.74, 6) is -0.512. The molecule has 2 amide bonds. The number of rotatable bonds is 6. The van der Waals surface area contributed by atoms with Crippen LogP contribution in [0.4, 0.5) is 11.4 Å². The second kappa shape index (κ2) is 9.07. The van der Waals surface area contributed by atoms with E-state index in [0.717, 1.165) is 43.4 Å². The van der Waals surface area contributed by atoms with Crippen LogP contribution in [0.25, 0.3) is 5.57 Å². The summed E-state index contributed by atoms with van der Waals surface area (Å²) < 4.78 is 0. The molecule has 0 radical (unpaired) electrons. The van der Waals surface area contributed by atoms with Crippen molar-refractivity contribution < 1.29 is 9.59 Å². The van der Waals surface area contributed by atoms with Gasteiger partial charge in [-0.1, -0.05) is 74.0 Å². The SMILES string of the molecule is CCCCc1ccc(N2C(=O)C(c3ccccc3)=C(N3CCCc4ccccc43)C2=O)cc1. The van der Waals surface area contributed by atoms with Crippen molar-refractivity contribution in [2.24, 2.45) is 0 Å². The highest BCUT2D eigenvalue weighted by Crippen LogP contribution is 2.39. The van der Waals surface area contributed by atoms with Gasteiger partial charge in [-0.05, 0) is 60.6 Å². The van der Waals surface area contributed by atoms with E-state index in [1.54, 1.807) is 0 Å². The standard InChI is InChI=1S/C29H28N2O2/c1-2-3-10-21-16-18-24(19-17-21)31-28(32)26(23-12-5-4-6-13-23)27(29(31)33)30-20-9-14-22-11-7-8-15-25(22)30/h4-8,11-13,15-19H,2-3,9-10,14,20H2,1H3. The van der Waals surface area contributed by atoms with E-state index in [1.165, 1.54) is 16.0 Å². The van der Waals surface area contributed by atoms with E-state index in [2.05, 4.69) is 17.9 Å². The number of fused-ring (bicyclic) bond motifs is 1. The van der Waals surface area contributed by atoms with Crippen molar-refractivity contribution in [3.8, 4) is 0 Å². The number of anilines is 2. The Morgan fingerprint density at radius 3 is 2.30 bits per heavy atom. The first-order chi connectivity index (χ1) is 16.2. The molecule has 166 valence electrons. The number of carbonyl (C=O) groups excluding carboxylic acids is 2. The molecular weight excluding hydrogens is 408 g/mol. The Balaban J connectivity index is 1.59. The van der Waals surface area contributed by atoms with E-state index >= 15 is 0 Å². The van der Waals surface area contributed by atoms with Gasteiger partial charge in [0.05, 0.1) is 11.3 Å². The van der Waals surface area contributed by atoms with Crippen molar-refractivity contribution in [3.63, 3.8) is 0 Å². The zero-order valence-electron chi connectivity index (χ0n) is 19.0. The summed E-state index contributed by atoms with van der Waals surface area (Å²) >= 11 is 0. The highest BCUT2D eigenvalue weighted by atomic mass is 16.2. The van der Waals surface area contributed by atoms with Crippen molar-refractivity contribution >= 4 is 28.8 Å². The zero-order valence-corrected chi connectivity index (χ0v) is 19.0. The number of nitrogens with zero attached hydrogens (tertiary/aromatic N) is 2. The second-order valence-electron chi connectivity index (χ2n) is 8.69. The van der Waals surface area contributed by atoms with Gasteiger partial charge < -0.3 is 4.90 Å². The summed E-state index contributed by atoms with van der Waals surface area (Å²) in [6.07, 6.45) is 5.18. The van der Waals surface area contributed by atoms with Gasteiger partial charge >= 0.3 is 0 Å². The number of hydrogen-bond acceptors (Lipinski definition) is 3. The van der Waals surface area contributed by atoms with Crippen LogP contribution >= 0.6 is 0 Å². The molecule has 3 aromatic carbocycles. The summed E-state index contributed by atoms with van der Waals surface area (Å²) in [4.78, 5) is 31.0. The van der Waals surface area contributed by atoms with Gasteiger partial charge in [0.2, 0.25) is 0 Å². The molecule has 0 fully saturated rings. The molecule has 2 heterocycles. The van der Waals surface area contributed by atoms with Crippen LogP contribution in [-0.2, 0) is 22.4 Å². The molecule has 5 rings (SSSR count). The molecule has 0 bridgehead atoms. The van der Waals surface area contributed by atoms with Crippen molar-refractivity contribution in [1.82, 2.24) is 0 Å². The summed E-state index contributed by atoms with van der Waals surface area (Å²) in [6.45, 7) is 2.89. The van der Waals surface area contributed by atoms with Crippen LogP contribution in [0.5, 0.6) is 0 Å². The van der Waals surface area contributed by atoms with Gasteiger partial charge in [-0.25, -0.2) is 4.90 Å². The van der Waals surface area contributed by atoms with E-state index in [0.29, 0.717) is 23.5 Å². The molecule has 0 saturated heterocycles. The molecule has 0 spiro atoms. The predicted molar refractivity (Wildman–Crippen MR) is 133 cm³/mol. The minimum atomic E-state index is -0.259. The third kappa shape index (κ3) is 3.86. The lowest BCUT2D eigenvalue weighted by Gasteiger charge is -2.32. The summed E-state index contributed by atoms with van der Waals surface area (Å²) in [7, 11) is 0. The van der Waals surface area contributed by atoms with Gasteiger partial charge in [-0.3, -0.25) is 9.59 Å². The van der Waals surface area contributed by atoms with E-state index in [1.807, 2.05) is 72.8 Å². The highest BCUT2D eigenvalue weighted by molar-refractivity contribution is 6.46. The monoisotopic (exact) mass is 436 g/mol. The molecule has 0 aliphatic carbocycles. The Morgan fingerprint density at radius 1 is 0.818 bits per heavy atom. The normalized spacial score (nSPS) is 15.9. The van der Waals surface area contributed by atoms with Crippen LogP contribution in [0.1, 0.15) is 42.9 Å². The fourth-order valence-corrected chi connectivity index (χ4v) is 4.83. The number of imide groups is 1. The van der Waals surface area contributed by atoms with Gasteiger partial charge in [-0.2, -0.15) is 0 Å². The number of unbranched alkanes of at least 4 members (excludes halogenated alkanes) is 1. The summed E-state index contributed by atoms with van der Waals surface area (Å²) in [5.41, 5.74) is 5.81. The maximum Gasteiger partial charge on any atom is 0.282 e. The Kier molecular flexibility index (Phi) is 5.82. The van der Waals surface area contributed by atoms with E-state index < -0.39 is 0 Å². The van der Waals surface area contributed by atoms with Crippen molar-refractivity contribution in [2.75, 3.05) is 16.3 Å². The molecule has 0 aromatic heterocycles. The predicted octanol–water partition coefficient (Wildman–Crippen LogP) is 5.77. The van der Waals surface area contributed by atoms with Crippen LogP contribution in [0.15, 0.2) is 84.6 Å². The van der Waals surface area contributed by atoms with E-state index in [9.17, 15) is 9.59 Å². The summed E-state index contributed by atoms with van der Waals surface area (Å²) in [5, 5.41) is 0. The molecule has 4 heteroatoms. The third-order valence-corrected chi connectivity index (χ3v) is 6.52. The van der Waals surface area contributed by atoms with Crippen LogP contribution in [0.2, 0.25) is 0 Å². The molecule has 0 unspecified atom stereocenters. The minimum Gasteiger partial charge on any atom is -0.336 e. The maximum atomic E-state index is 13.9. The molecular formula is C29H28N2O2. The highest BCUT2D eigenvalue weighted by Gasteiger charge is 2.43. The molecule has 0 atom stereocenters. The summed E-state index contributed by atoms with van der Waals surface area (Å²) in [6, 6.07) is 25.6. The zero-order chi connectivity index (χ0) is 22.8. The van der Waals surface area contributed by atoms with E-state index in [-0.39, 0.29) is 11.8 Å². The molecule has 3 aromatic rings. The van der Waals surface area contributed by atoms with Gasteiger partial charge in [0.15, 0.2) is 0 Å². The van der Waals surface area contributed by atoms with Gasteiger partial charge in [0.25, 0.3) is 11.8 Å². The largest absolute Gasteiger partial charge is 0.336 e. The first kappa shape index (κ1) is 21.2. The number of hydrogen-bond donors (Lipinski definition) is 0. The van der Waals surface area contributed by atoms with Crippen LogP contribution in [0.3, 0.4) is 0 Å². The van der Waals surface area contributed by atoms with Gasteiger partial charge in [0, 0.05) is 12.2 Å². The van der Waals surface area contributed by atoms with Crippen molar-refractivity contribution in [1.29, 1.82) is 0 Å². The number of benzene rings is 3. The molecule has 2 aliphatic heterocycles. The average molecular weight is 437 g/mol. The Morgan fingerprint density at radius 2 is 1.55 bits per heavy atom. The molecule has 4 nitrogen and oxygen atoms in total. The fourth-order valence-electron chi connectivity index (χ4n) is 4.83. The quantitative estimate of drug-likeness (QED) is 0.461. The third-order valence-electron chi connectivity index (χ3n) is 6.52. The number of carbonyl (C=O) groups is 2. The number of amides is 2. The lowest BCUT2D eigenvalue weighted by molar-refractivity contribution is -0.120. The lowest BCUT2D eigenvalue weighted by Crippen LogP contribution is -2.37. The molecule has 0 saturated carbocycles.